The molecule has 0 fully saturated rings. The summed E-state index contributed by atoms with van der Waals surface area (Å²) < 4.78 is 5.22. The van der Waals surface area contributed by atoms with Crippen molar-refractivity contribution < 1.29 is 9.53 Å². The van der Waals surface area contributed by atoms with E-state index in [1.165, 1.54) is 11.3 Å². The zero-order valence-corrected chi connectivity index (χ0v) is 13.9. The highest BCUT2D eigenvalue weighted by Crippen LogP contribution is 2.32. The topological polar surface area (TPSA) is 68.5 Å². The predicted molar refractivity (Wildman–Crippen MR) is 90.5 cm³/mol. The van der Waals surface area contributed by atoms with Gasteiger partial charge in [-0.1, -0.05) is 0 Å². The van der Waals surface area contributed by atoms with Crippen molar-refractivity contribution in [3.63, 3.8) is 0 Å². The summed E-state index contributed by atoms with van der Waals surface area (Å²) in [6.07, 6.45) is 1.56. The molecular formula is C15H18ClN3O2S. The third-order valence-corrected chi connectivity index (χ3v) is 4.47. The van der Waals surface area contributed by atoms with E-state index >= 15 is 0 Å². The summed E-state index contributed by atoms with van der Waals surface area (Å²) in [5.74, 6) is 0.778. The fraction of sp³-hybridized carbons (Fsp3) is 0.333. The number of methoxy groups -OCH3 is 1. The van der Waals surface area contributed by atoms with Crippen molar-refractivity contribution in [1.29, 1.82) is 0 Å². The molecule has 0 spiro atoms. The molecule has 118 valence electrons. The van der Waals surface area contributed by atoms with Gasteiger partial charge >= 0.3 is 0 Å². The largest absolute Gasteiger partial charge is 0.497 e. The molecule has 2 heterocycles. The lowest BCUT2D eigenvalue weighted by molar-refractivity contribution is 0.0985. The first kappa shape index (κ1) is 16.7. The molecule has 0 saturated carbocycles. The van der Waals surface area contributed by atoms with Gasteiger partial charge in [0.1, 0.15) is 11.4 Å². The normalized spacial score (nSPS) is 12.7. The maximum atomic E-state index is 12.6. The van der Waals surface area contributed by atoms with Crippen molar-refractivity contribution in [3.8, 4) is 5.75 Å². The molecule has 1 amide bonds. The fourth-order valence-electron chi connectivity index (χ4n) is 2.50. The maximum Gasteiger partial charge on any atom is 0.277 e. The number of rotatable bonds is 4. The molecule has 0 unspecified atom stereocenters. The number of anilines is 1. The number of ether oxygens (including phenoxy) is 1. The average Bonchev–Trinajstić information content (AvgIpc) is 3.13. The number of carbonyl (C=O) groups excluding carboxylic acids is 1. The zero-order valence-electron chi connectivity index (χ0n) is 12.2. The number of nitrogens with two attached hydrogens (primary N) is 1. The molecule has 1 aliphatic rings. The highest BCUT2D eigenvalue weighted by molar-refractivity contribution is 7.09. The number of nitrogens with zero attached hydrogens (tertiary/aromatic N) is 2. The first-order valence-electron chi connectivity index (χ1n) is 6.86. The lowest BCUT2D eigenvalue weighted by Gasteiger charge is -2.16. The van der Waals surface area contributed by atoms with Crippen LogP contribution in [0.4, 0.5) is 5.69 Å². The van der Waals surface area contributed by atoms with Gasteiger partial charge < -0.3 is 15.4 Å². The predicted octanol–water partition coefficient (Wildman–Crippen LogP) is 2.28. The van der Waals surface area contributed by atoms with E-state index in [9.17, 15) is 4.79 Å². The van der Waals surface area contributed by atoms with Crippen LogP contribution in [0.3, 0.4) is 0 Å². The Hall–Kier alpha value is -1.63. The number of hydrogen-bond donors (Lipinski definition) is 1. The number of amides is 1. The van der Waals surface area contributed by atoms with E-state index in [2.05, 4.69) is 4.98 Å². The Morgan fingerprint density at radius 3 is 3.05 bits per heavy atom. The first-order valence-corrected chi connectivity index (χ1v) is 7.74. The number of carbonyl (C=O) groups is 1. The van der Waals surface area contributed by atoms with Crippen molar-refractivity contribution in [2.75, 3.05) is 25.1 Å². The van der Waals surface area contributed by atoms with Gasteiger partial charge in [0, 0.05) is 24.0 Å². The van der Waals surface area contributed by atoms with Crippen LogP contribution in [0.15, 0.2) is 23.6 Å². The van der Waals surface area contributed by atoms with Crippen molar-refractivity contribution in [2.24, 2.45) is 5.73 Å². The molecule has 2 aromatic rings. The van der Waals surface area contributed by atoms with Gasteiger partial charge in [0.2, 0.25) is 0 Å². The van der Waals surface area contributed by atoms with Gasteiger partial charge in [-0.2, -0.15) is 0 Å². The van der Waals surface area contributed by atoms with Crippen molar-refractivity contribution in [3.05, 3.63) is 39.8 Å². The second kappa shape index (κ2) is 7.09. The van der Waals surface area contributed by atoms with Gasteiger partial charge in [0.15, 0.2) is 0 Å². The van der Waals surface area contributed by atoms with Crippen LogP contribution in [0.5, 0.6) is 5.75 Å². The number of thiazole rings is 1. The van der Waals surface area contributed by atoms with E-state index < -0.39 is 0 Å². The molecular weight excluding hydrogens is 322 g/mol. The van der Waals surface area contributed by atoms with Gasteiger partial charge in [0.05, 0.1) is 12.1 Å². The van der Waals surface area contributed by atoms with Crippen LogP contribution in [-0.2, 0) is 12.8 Å². The van der Waals surface area contributed by atoms with Crippen molar-refractivity contribution in [1.82, 2.24) is 4.98 Å². The molecule has 3 rings (SSSR count). The second-order valence-electron chi connectivity index (χ2n) is 4.87. The molecule has 0 atom stereocenters. The van der Waals surface area contributed by atoms with E-state index in [-0.39, 0.29) is 18.3 Å². The molecule has 22 heavy (non-hydrogen) atoms. The molecule has 2 N–H and O–H groups in total. The van der Waals surface area contributed by atoms with Crippen LogP contribution < -0.4 is 15.4 Å². The van der Waals surface area contributed by atoms with Crippen LogP contribution in [0.1, 0.15) is 21.1 Å². The highest BCUT2D eigenvalue weighted by atomic mass is 35.5. The first-order chi connectivity index (χ1) is 10.2. The summed E-state index contributed by atoms with van der Waals surface area (Å²) in [5.41, 5.74) is 8.12. The standard InChI is InChI=1S/C15H17N3O2S.ClH/c1-20-11-2-3-13-10(8-11)5-7-18(13)15(19)12-9-21-14(17-12)4-6-16;/h2-3,8-9H,4-7,16H2,1H3;1H. The van der Waals surface area contributed by atoms with E-state index in [1.54, 1.807) is 12.0 Å². The number of aromatic nitrogens is 1. The monoisotopic (exact) mass is 339 g/mol. The summed E-state index contributed by atoms with van der Waals surface area (Å²) in [4.78, 5) is 18.8. The Kier molecular flexibility index (Phi) is 5.39. The maximum absolute atomic E-state index is 12.6. The van der Waals surface area contributed by atoms with Crippen molar-refractivity contribution in [2.45, 2.75) is 12.8 Å². The smallest absolute Gasteiger partial charge is 0.277 e. The van der Waals surface area contributed by atoms with E-state index in [0.717, 1.165) is 28.4 Å². The number of hydrogen-bond acceptors (Lipinski definition) is 5. The average molecular weight is 340 g/mol. The van der Waals surface area contributed by atoms with E-state index in [0.29, 0.717) is 25.2 Å². The minimum Gasteiger partial charge on any atom is -0.497 e. The summed E-state index contributed by atoms with van der Waals surface area (Å²) in [5, 5.41) is 2.73. The van der Waals surface area contributed by atoms with E-state index in [1.807, 2.05) is 23.6 Å². The number of benzene rings is 1. The highest BCUT2D eigenvalue weighted by Gasteiger charge is 2.27. The third-order valence-electron chi connectivity index (χ3n) is 3.56. The van der Waals surface area contributed by atoms with Gasteiger partial charge in [0.25, 0.3) is 5.91 Å². The summed E-state index contributed by atoms with van der Waals surface area (Å²) in [6, 6.07) is 5.81. The van der Waals surface area contributed by atoms with Crippen LogP contribution >= 0.6 is 23.7 Å². The zero-order chi connectivity index (χ0) is 14.8. The molecule has 0 aliphatic carbocycles. The molecule has 0 radical (unpaired) electrons. The van der Waals surface area contributed by atoms with Crippen LogP contribution in [-0.4, -0.2) is 31.1 Å². The Labute approximate surface area is 139 Å². The third kappa shape index (κ3) is 3.09. The fourth-order valence-corrected chi connectivity index (χ4v) is 3.29. The Morgan fingerprint density at radius 1 is 1.50 bits per heavy atom. The van der Waals surface area contributed by atoms with Gasteiger partial charge in [-0.05, 0) is 36.7 Å². The SMILES string of the molecule is COc1ccc2c(c1)CCN2C(=O)c1csc(CCN)n1.Cl. The molecule has 1 aromatic heterocycles. The Bertz CT molecular complexity index is 675. The Morgan fingerprint density at radius 2 is 2.32 bits per heavy atom. The molecule has 0 bridgehead atoms. The van der Waals surface area contributed by atoms with Crippen molar-refractivity contribution >= 4 is 35.3 Å². The molecule has 7 heteroatoms. The molecule has 1 aliphatic heterocycles. The second-order valence-corrected chi connectivity index (χ2v) is 5.81. The molecule has 1 aromatic carbocycles. The van der Waals surface area contributed by atoms with Gasteiger partial charge in [-0.3, -0.25) is 4.79 Å². The quantitative estimate of drug-likeness (QED) is 0.927. The number of fused-ring (bicyclic) bond motifs is 1. The molecule has 0 saturated heterocycles. The molecule has 5 nitrogen and oxygen atoms in total. The van der Waals surface area contributed by atoms with Crippen LogP contribution in [0, 0.1) is 0 Å². The lowest BCUT2D eigenvalue weighted by atomic mass is 10.1. The Balaban J connectivity index is 0.00000176. The van der Waals surface area contributed by atoms with E-state index in [4.69, 9.17) is 10.5 Å². The summed E-state index contributed by atoms with van der Waals surface area (Å²) in [6.45, 7) is 1.23. The minimum absolute atomic E-state index is 0. The number of halogens is 1. The van der Waals surface area contributed by atoms with Crippen LogP contribution in [0.25, 0.3) is 0 Å². The van der Waals surface area contributed by atoms with Gasteiger partial charge in [-0.25, -0.2) is 4.98 Å². The lowest BCUT2D eigenvalue weighted by Crippen LogP contribution is -2.29. The minimum atomic E-state index is -0.0431. The summed E-state index contributed by atoms with van der Waals surface area (Å²) >= 11 is 1.49. The summed E-state index contributed by atoms with van der Waals surface area (Å²) in [7, 11) is 1.65. The van der Waals surface area contributed by atoms with Crippen LogP contribution in [0.2, 0.25) is 0 Å². The van der Waals surface area contributed by atoms with Gasteiger partial charge in [-0.15, -0.1) is 23.7 Å².